The molecule has 0 heterocycles. The Morgan fingerprint density at radius 2 is 2.21 bits per heavy atom. The number of hydrogen-bond acceptors (Lipinski definition) is 2. The largest absolute Gasteiger partial charge is 0.326 e. The quantitative estimate of drug-likeness (QED) is 0.736. The Morgan fingerprint density at radius 3 is 2.86 bits per heavy atom. The van der Waals surface area contributed by atoms with E-state index in [4.69, 9.17) is 5.73 Å². The molecular weight excluding hydrogens is 197 g/mol. The molecule has 0 aliphatic carbocycles. The van der Waals surface area contributed by atoms with Gasteiger partial charge >= 0.3 is 0 Å². The minimum atomic E-state index is -0.211. The monoisotopic (exact) mass is 211 g/mol. The van der Waals surface area contributed by atoms with Crippen LogP contribution >= 0.6 is 12.6 Å². The van der Waals surface area contributed by atoms with Gasteiger partial charge in [-0.25, -0.2) is 4.39 Å². The van der Waals surface area contributed by atoms with Crippen LogP contribution < -0.4 is 5.73 Å². The van der Waals surface area contributed by atoms with E-state index in [0.717, 1.165) is 17.7 Å². The molecule has 2 N–H and O–H groups in total. The zero-order valence-electron chi connectivity index (χ0n) is 7.91. The number of rotatable bonds is 4. The van der Waals surface area contributed by atoms with Gasteiger partial charge in [0.2, 0.25) is 0 Å². The van der Waals surface area contributed by atoms with E-state index in [2.05, 4.69) is 12.6 Å². The molecule has 0 aliphatic heterocycles. The smallest absolute Gasteiger partial charge is 0.130 e. The molecule has 0 saturated heterocycles. The molecule has 0 radical (unpaired) electrons. The molecule has 1 aromatic rings. The van der Waals surface area contributed by atoms with Gasteiger partial charge in [0.1, 0.15) is 5.82 Å². The lowest BCUT2D eigenvalue weighted by Gasteiger charge is -2.00. The summed E-state index contributed by atoms with van der Waals surface area (Å²) in [4.78, 5) is 0. The first-order valence-electron chi connectivity index (χ1n) is 4.54. The minimum absolute atomic E-state index is 0.211. The van der Waals surface area contributed by atoms with Gasteiger partial charge < -0.3 is 5.73 Å². The van der Waals surface area contributed by atoms with Gasteiger partial charge in [-0.2, -0.15) is 12.6 Å². The second-order valence-electron chi connectivity index (χ2n) is 2.97. The van der Waals surface area contributed by atoms with Gasteiger partial charge in [-0.1, -0.05) is 18.2 Å². The van der Waals surface area contributed by atoms with Crippen LogP contribution in [0.2, 0.25) is 0 Å². The van der Waals surface area contributed by atoms with Crippen LogP contribution in [0.1, 0.15) is 17.5 Å². The predicted molar refractivity (Wildman–Crippen MR) is 61.8 cm³/mol. The van der Waals surface area contributed by atoms with Crippen LogP contribution in [0.5, 0.6) is 0 Å². The first-order chi connectivity index (χ1) is 6.77. The van der Waals surface area contributed by atoms with Crippen molar-refractivity contribution < 1.29 is 4.39 Å². The maximum Gasteiger partial charge on any atom is 0.130 e. The molecule has 0 fully saturated rings. The molecule has 3 heteroatoms. The Bertz CT molecular complexity index is 323. The van der Waals surface area contributed by atoms with Gasteiger partial charge in [0.05, 0.1) is 0 Å². The van der Waals surface area contributed by atoms with Crippen molar-refractivity contribution >= 4 is 18.7 Å². The molecule has 1 aromatic carbocycles. The maximum atomic E-state index is 13.2. The van der Waals surface area contributed by atoms with Crippen LogP contribution in [0.4, 0.5) is 4.39 Å². The summed E-state index contributed by atoms with van der Waals surface area (Å²) in [7, 11) is 0. The van der Waals surface area contributed by atoms with E-state index in [1.807, 2.05) is 6.08 Å². The molecule has 1 nitrogen and oxygen atoms in total. The van der Waals surface area contributed by atoms with E-state index >= 15 is 0 Å². The van der Waals surface area contributed by atoms with Crippen molar-refractivity contribution in [1.82, 2.24) is 0 Å². The first kappa shape index (κ1) is 11.3. The molecule has 76 valence electrons. The Labute approximate surface area is 89.2 Å². The Kier molecular flexibility index (Phi) is 4.70. The summed E-state index contributed by atoms with van der Waals surface area (Å²) in [6.45, 7) is 0.438. The summed E-state index contributed by atoms with van der Waals surface area (Å²) >= 11 is 4.07. The summed E-state index contributed by atoms with van der Waals surface area (Å²) < 4.78 is 13.2. The summed E-state index contributed by atoms with van der Waals surface area (Å²) in [5.41, 5.74) is 7.00. The number of benzene rings is 1. The highest BCUT2D eigenvalue weighted by molar-refractivity contribution is 7.80. The number of allylic oxidation sites excluding steroid dienone is 1. The van der Waals surface area contributed by atoms with Crippen LogP contribution in [0.15, 0.2) is 24.3 Å². The third kappa shape index (κ3) is 3.16. The fraction of sp³-hybridized carbons (Fsp3) is 0.273. The second kappa shape index (κ2) is 5.83. The first-order valence-corrected chi connectivity index (χ1v) is 5.17. The molecule has 0 aromatic heterocycles. The minimum Gasteiger partial charge on any atom is -0.326 e. The second-order valence-corrected chi connectivity index (χ2v) is 3.42. The lowest BCUT2D eigenvalue weighted by Crippen LogP contribution is -1.97. The molecule has 0 aliphatic rings. The van der Waals surface area contributed by atoms with E-state index in [-0.39, 0.29) is 5.82 Å². The lowest BCUT2D eigenvalue weighted by molar-refractivity contribution is 0.624. The van der Waals surface area contributed by atoms with Gasteiger partial charge in [0.25, 0.3) is 0 Å². The van der Waals surface area contributed by atoms with Crippen LogP contribution in [-0.4, -0.2) is 5.75 Å². The zero-order valence-corrected chi connectivity index (χ0v) is 8.81. The number of nitrogens with two attached hydrogens (primary N) is 1. The molecular formula is C11H14FNS. The third-order valence-corrected chi connectivity index (χ3v) is 2.15. The lowest BCUT2D eigenvalue weighted by atomic mass is 10.1. The summed E-state index contributed by atoms with van der Waals surface area (Å²) in [6, 6.07) is 4.91. The standard InChI is InChI=1S/C11H14FNS/c12-11-5-4-9(8-13)7-10(11)3-1-2-6-14/h1,3-5,7,14H,2,6,8,13H2. The van der Waals surface area contributed by atoms with Crippen LogP contribution in [0.3, 0.4) is 0 Å². The van der Waals surface area contributed by atoms with Crippen LogP contribution in [0, 0.1) is 5.82 Å². The average molecular weight is 211 g/mol. The van der Waals surface area contributed by atoms with E-state index in [1.165, 1.54) is 6.07 Å². The van der Waals surface area contributed by atoms with Crippen molar-refractivity contribution in [2.75, 3.05) is 5.75 Å². The fourth-order valence-corrected chi connectivity index (χ4v) is 1.28. The normalized spacial score (nSPS) is 11.1. The predicted octanol–water partition coefficient (Wildman–Crippen LogP) is 2.62. The number of thiol groups is 1. The number of halogens is 1. The summed E-state index contributed by atoms with van der Waals surface area (Å²) in [5.74, 6) is 0.562. The highest BCUT2D eigenvalue weighted by atomic mass is 32.1. The Hall–Kier alpha value is -0.800. The molecule has 0 unspecified atom stereocenters. The molecule has 0 saturated carbocycles. The summed E-state index contributed by atoms with van der Waals surface area (Å²) in [5, 5.41) is 0. The van der Waals surface area contributed by atoms with Gasteiger partial charge in [0, 0.05) is 12.1 Å². The van der Waals surface area contributed by atoms with Crippen molar-refractivity contribution in [3.63, 3.8) is 0 Å². The molecule has 0 spiro atoms. The molecule has 14 heavy (non-hydrogen) atoms. The number of hydrogen-bond donors (Lipinski definition) is 2. The van der Waals surface area contributed by atoms with E-state index in [9.17, 15) is 4.39 Å². The SMILES string of the molecule is NCc1ccc(F)c(C=CCCS)c1. The maximum absolute atomic E-state index is 13.2. The Morgan fingerprint density at radius 1 is 1.43 bits per heavy atom. The van der Waals surface area contributed by atoms with Gasteiger partial charge in [-0.05, 0) is 29.9 Å². The average Bonchev–Trinajstić information content (AvgIpc) is 2.21. The third-order valence-electron chi connectivity index (χ3n) is 1.89. The van der Waals surface area contributed by atoms with E-state index in [1.54, 1.807) is 18.2 Å². The van der Waals surface area contributed by atoms with Gasteiger partial charge in [-0.15, -0.1) is 0 Å². The van der Waals surface area contributed by atoms with Crippen LogP contribution in [0.25, 0.3) is 6.08 Å². The van der Waals surface area contributed by atoms with E-state index < -0.39 is 0 Å². The molecule has 0 atom stereocenters. The van der Waals surface area contributed by atoms with Crippen molar-refractivity contribution in [3.05, 3.63) is 41.2 Å². The van der Waals surface area contributed by atoms with Crippen molar-refractivity contribution in [1.29, 1.82) is 0 Å². The fourth-order valence-electron chi connectivity index (χ4n) is 1.13. The topological polar surface area (TPSA) is 26.0 Å². The zero-order chi connectivity index (χ0) is 10.4. The highest BCUT2D eigenvalue weighted by Gasteiger charge is 1.98. The van der Waals surface area contributed by atoms with Crippen LogP contribution in [-0.2, 0) is 6.54 Å². The summed E-state index contributed by atoms with van der Waals surface area (Å²) in [6.07, 6.45) is 4.52. The molecule has 0 amide bonds. The van der Waals surface area contributed by atoms with Crippen molar-refractivity contribution in [3.8, 4) is 0 Å². The molecule has 1 rings (SSSR count). The van der Waals surface area contributed by atoms with E-state index in [0.29, 0.717) is 12.1 Å². The van der Waals surface area contributed by atoms with Crippen molar-refractivity contribution in [2.45, 2.75) is 13.0 Å². The van der Waals surface area contributed by atoms with Gasteiger partial charge in [0.15, 0.2) is 0 Å². The van der Waals surface area contributed by atoms with Gasteiger partial charge in [-0.3, -0.25) is 0 Å². The highest BCUT2D eigenvalue weighted by Crippen LogP contribution is 2.12. The molecule has 0 bridgehead atoms. The van der Waals surface area contributed by atoms with Crippen molar-refractivity contribution in [2.24, 2.45) is 5.73 Å². The Balaban J connectivity index is 2.83.